The Labute approximate surface area is 157 Å². The fourth-order valence-electron chi connectivity index (χ4n) is 1.98. The molecule has 1 nitrogen and oxygen atoms in total. The van der Waals surface area contributed by atoms with E-state index in [0.717, 1.165) is 12.8 Å². The quantitative estimate of drug-likeness (QED) is 0.345. The zero-order chi connectivity index (χ0) is 15.8. The third-order valence-electron chi connectivity index (χ3n) is 3.13. The van der Waals surface area contributed by atoms with Crippen molar-refractivity contribution < 1.29 is 30.6 Å². The number of hydrogen-bond acceptors (Lipinski definition) is 1. The van der Waals surface area contributed by atoms with Gasteiger partial charge in [-0.15, -0.1) is 12.8 Å². The van der Waals surface area contributed by atoms with Crippen LogP contribution in [-0.2, 0) is 30.6 Å². The summed E-state index contributed by atoms with van der Waals surface area (Å²) in [6.07, 6.45) is 25.1. The van der Waals surface area contributed by atoms with E-state index in [-0.39, 0.29) is 25.8 Å². The van der Waals surface area contributed by atoms with Gasteiger partial charge in [0.1, 0.15) is 0 Å². The summed E-state index contributed by atoms with van der Waals surface area (Å²) in [7, 11) is 3.25. The van der Waals surface area contributed by atoms with E-state index >= 15 is 0 Å². The minimum Gasteiger partial charge on any atom is -0.388 e. The van der Waals surface area contributed by atoms with Crippen LogP contribution in [0.3, 0.4) is 0 Å². The fraction of sp³-hybridized carbons (Fsp3) is 0.600. The molecule has 0 aromatic rings. The molecule has 0 amide bonds. The Balaban J connectivity index is 0. The number of allylic oxidation sites excluding steroid dienone is 8. The van der Waals surface area contributed by atoms with Crippen LogP contribution >= 0.6 is 0 Å². The Morgan fingerprint density at radius 1 is 0.864 bits per heavy atom. The van der Waals surface area contributed by atoms with Crippen molar-refractivity contribution in [2.45, 2.75) is 65.2 Å². The van der Waals surface area contributed by atoms with Crippen LogP contribution in [0, 0.1) is 12.2 Å². The summed E-state index contributed by atoms with van der Waals surface area (Å²) in [6, 6.07) is 0. The van der Waals surface area contributed by atoms with E-state index in [1.165, 1.54) is 49.7 Å². The first-order valence-electron chi connectivity index (χ1n) is 8.21. The van der Waals surface area contributed by atoms with Crippen LogP contribution in [0.25, 0.3) is 0 Å². The van der Waals surface area contributed by atoms with E-state index in [9.17, 15) is 0 Å². The van der Waals surface area contributed by atoms with Crippen LogP contribution in [-0.4, -0.2) is 14.2 Å². The molecule has 0 spiro atoms. The monoisotopic (exact) mass is 468 g/mol. The number of rotatable bonds is 6. The van der Waals surface area contributed by atoms with Crippen molar-refractivity contribution in [3.63, 3.8) is 0 Å². The molecule has 0 bridgehead atoms. The van der Waals surface area contributed by atoms with E-state index in [4.69, 9.17) is 0 Å². The topological polar surface area (TPSA) is 9.23 Å². The molecule has 124 valence electrons. The van der Waals surface area contributed by atoms with Gasteiger partial charge in [-0.25, -0.2) is 23.3 Å². The molecule has 0 aromatic heterocycles. The predicted octanol–water partition coefficient (Wildman–Crippen LogP) is 5.99. The van der Waals surface area contributed by atoms with Gasteiger partial charge in [-0.1, -0.05) is 52.4 Å². The molecule has 0 saturated carbocycles. The average Bonchev–Trinajstić information content (AvgIpc) is 3.18. The van der Waals surface area contributed by atoms with Crippen LogP contribution in [0.2, 0.25) is 0 Å². The number of unbranched alkanes of at least 4 members (excludes halogenated alkanes) is 2. The second-order valence-electron chi connectivity index (χ2n) is 5.23. The van der Waals surface area contributed by atoms with Crippen molar-refractivity contribution in [2.75, 3.05) is 14.2 Å². The molecule has 0 saturated heterocycles. The van der Waals surface area contributed by atoms with Gasteiger partial charge < -0.3 is 4.74 Å². The van der Waals surface area contributed by atoms with Crippen LogP contribution < -0.4 is 0 Å². The Kier molecular flexibility index (Phi) is 20.6. The minimum atomic E-state index is 0. The van der Waals surface area contributed by atoms with Gasteiger partial charge in [0.15, 0.2) is 0 Å². The summed E-state index contributed by atoms with van der Waals surface area (Å²) in [5, 5.41) is 0. The standard InChI is InChI=1S/2C9H13.C2H6O.Hf/c2*1-2-3-6-9-7-4-5-8-9;1-3-2;/h2*4,7H,2-3,5-6H2,1H3;1-2H3;/q2*-1;;. The Hall–Kier alpha value is -0.210. The Bertz CT molecular complexity index is 317. The zero-order valence-electron chi connectivity index (χ0n) is 14.9. The Morgan fingerprint density at radius 2 is 1.23 bits per heavy atom. The van der Waals surface area contributed by atoms with Gasteiger partial charge >= 0.3 is 0 Å². The van der Waals surface area contributed by atoms with E-state index in [1.807, 2.05) is 0 Å². The maximum Gasteiger partial charge on any atom is 0.0351 e. The third-order valence-corrected chi connectivity index (χ3v) is 3.13. The Morgan fingerprint density at radius 3 is 1.45 bits per heavy atom. The first kappa shape index (κ1) is 24.0. The summed E-state index contributed by atoms with van der Waals surface area (Å²) >= 11 is 0. The largest absolute Gasteiger partial charge is 0.388 e. The number of ether oxygens (including phenoxy) is 1. The second kappa shape index (κ2) is 18.8. The summed E-state index contributed by atoms with van der Waals surface area (Å²) in [4.78, 5) is 0. The van der Waals surface area contributed by atoms with Gasteiger partial charge in [-0.3, -0.25) is 12.2 Å². The SMILES string of the molecule is CCCCC1=[C-]CC=C1.CCCCC1=[C-]CC=C1.COC.[Hf]. The molecule has 0 unspecified atom stereocenters. The average molecular weight is 467 g/mol. The van der Waals surface area contributed by atoms with Crippen LogP contribution in [0.15, 0.2) is 35.5 Å². The summed E-state index contributed by atoms with van der Waals surface area (Å²) in [5.41, 5.74) is 2.83. The van der Waals surface area contributed by atoms with E-state index in [0.29, 0.717) is 0 Å². The van der Waals surface area contributed by atoms with E-state index in [1.54, 1.807) is 14.2 Å². The van der Waals surface area contributed by atoms with Crippen molar-refractivity contribution in [3.8, 4) is 0 Å². The number of methoxy groups -OCH3 is 1. The maximum atomic E-state index is 4.25. The molecule has 2 rings (SSSR count). The van der Waals surface area contributed by atoms with Gasteiger partial charge in [0, 0.05) is 40.1 Å². The van der Waals surface area contributed by atoms with Gasteiger partial charge in [-0.2, -0.15) is 12.2 Å². The van der Waals surface area contributed by atoms with Gasteiger partial charge in [0.2, 0.25) is 0 Å². The summed E-state index contributed by atoms with van der Waals surface area (Å²) in [6.45, 7) is 4.44. The molecule has 0 atom stereocenters. The van der Waals surface area contributed by atoms with Gasteiger partial charge in [0.05, 0.1) is 0 Å². The molecule has 22 heavy (non-hydrogen) atoms. The molecule has 0 fully saturated rings. The molecule has 2 aliphatic carbocycles. The molecule has 0 aliphatic heterocycles. The van der Waals surface area contributed by atoms with Gasteiger partial charge in [0.25, 0.3) is 0 Å². The first-order valence-corrected chi connectivity index (χ1v) is 8.21. The third kappa shape index (κ3) is 14.7. The maximum absolute atomic E-state index is 4.25. The van der Waals surface area contributed by atoms with Gasteiger partial charge in [-0.05, 0) is 0 Å². The molecule has 2 aliphatic rings. The van der Waals surface area contributed by atoms with E-state index in [2.05, 4.69) is 55.0 Å². The van der Waals surface area contributed by atoms with Crippen molar-refractivity contribution in [2.24, 2.45) is 0 Å². The summed E-state index contributed by atoms with van der Waals surface area (Å²) in [5.74, 6) is 0. The van der Waals surface area contributed by atoms with Crippen LogP contribution in [0.4, 0.5) is 0 Å². The molecule has 0 heterocycles. The van der Waals surface area contributed by atoms with Crippen molar-refractivity contribution in [1.82, 2.24) is 0 Å². The van der Waals surface area contributed by atoms with Crippen LogP contribution in [0.1, 0.15) is 65.2 Å². The smallest absolute Gasteiger partial charge is 0.0351 e. The normalized spacial score (nSPS) is 14.2. The van der Waals surface area contributed by atoms with Crippen LogP contribution in [0.5, 0.6) is 0 Å². The van der Waals surface area contributed by atoms with Crippen molar-refractivity contribution in [1.29, 1.82) is 0 Å². The fourth-order valence-corrected chi connectivity index (χ4v) is 1.98. The number of hydrogen-bond donors (Lipinski definition) is 0. The molecular formula is C20H32HfO-2. The molecule has 2 heteroatoms. The van der Waals surface area contributed by atoms with Crippen molar-refractivity contribution in [3.05, 3.63) is 47.6 Å². The molecule has 0 aromatic carbocycles. The van der Waals surface area contributed by atoms with Crippen molar-refractivity contribution >= 4 is 0 Å². The minimum absolute atomic E-state index is 0. The zero-order valence-corrected chi connectivity index (χ0v) is 18.5. The second-order valence-corrected chi connectivity index (χ2v) is 5.23. The van der Waals surface area contributed by atoms with E-state index < -0.39 is 0 Å². The molecular weight excluding hydrogens is 435 g/mol. The predicted molar refractivity (Wildman–Crippen MR) is 93.0 cm³/mol. The first-order chi connectivity index (χ1) is 10.3. The summed E-state index contributed by atoms with van der Waals surface area (Å²) < 4.78 is 4.25. The molecule has 0 N–H and O–H groups in total. The molecule has 0 radical (unpaired) electrons.